The van der Waals surface area contributed by atoms with Crippen LogP contribution in [0.5, 0.6) is 0 Å². The highest BCUT2D eigenvalue weighted by Crippen LogP contribution is 2.31. The summed E-state index contributed by atoms with van der Waals surface area (Å²) in [5, 5.41) is 10.2. The van der Waals surface area contributed by atoms with Crippen LogP contribution in [0.2, 0.25) is 0 Å². The van der Waals surface area contributed by atoms with Crippen molar-refractivity contribution in [2.45, 2.75) is 26.2 Å². The Hall–Kier alpha value is -1.66. The Kier molecular flexibility index (Phi) is 5.68. The van der Waals surface area contributed by atoms with E-state index in [1.807, 2.05) is 23.1 Å². The van der Waals surface area contributed by atoms with E-state index < -0.39 is 0 Å². The zero-order valence-electron chi connectivity index (χ0n) is 14.1. The Labute approximate surface area is 146 Å². The summed E-state index contributed by atoms with van der Waals surface area (Å²) in [6, 6.07) is 8.20. The van der Waals surface area contributed by atoms with Crippen molar-refractivity contribution in [2.24, 2.45) is 5.92 Å². The molecule has 6 heteroatoms. The van der Waals surface area contributed by atoms with Gasteiger partial charge in [-0.2, -0.15) is 0 Å². The van der Waals surface area contributed by atoms with Crippen LogP contribution in [0, 0.1) is 5.92 Å². The molecule has 0 unspecified atom stereocenters. The van der Waals surface area contributed by atoms with E-state index in [1.54, 1.807) is 11.3 Å². The third-order valence-electron chi connectivity index (χ3n) is 4.57. The number of thiazole rings is 1. The van der Waals surface area contributed by atoms with Gasteiger partial charge >= 0.3 is 0 Å². The Balaban J connectivity index is 1.61. The number of aliphatic hydroxyl groups excluding tert-OH is 1. The molecule has 0 saturated carbocycles. The van der Waals surface area contributed by atoms with Crippen molar-refractivity contribution in [3.8, 4) is 0 Å². The number of hydrogen-bond acceptors (Lipinski definition) is 5. The highest BCUT2D eigenvalue weighted by atomic mass is 32.1. The monoisotopic (exact) mass is 347 g/mol. The van der Waals surface area contributed by atoms with Crippen molar-refractivity contribution in [1.29, 1.82) is 0 Å². The van der Waals surface area contributed by atoms with Crippen molar-refractivity contribution in [2.75, 3.05) is 37.7 Å². The number of benzene rings is 1. The van der Waals surface area contributed by atoms with E-state index in [1.165, 1.54) is 4.70 Å². The van der Waals surface area contributed by atoms with Gasteiger partial charge in [-0.05, 0) is 31.4 Å². The third-order valence-corrected chi connectivity index (χ3v) is 5.67. The maximum absolute atomic E-state index is 12.6. The first-order valence-electron chi connectivity index (χ1n) is 8.73. The molecule has 0 bridgehead atoms. The number of aromatic nitrogens is 1. The van der Waals surface area contributed by atoms with E-state index >= 15 is 0 Å². The second-order valence-electron chi connectivity index (χ2n) is 6.27. The molecule has 1 aliphatic heterocycles. The number of carbonyl (C=O) groups excluding carboxylic acids is 1. The third kappa shape index (κ3) is 3.70. The molecular formula is C18H25N3O2S. The molecule has 0 atom stereocenters. The van der Waals surface area contributed by atoms with Gasteiger partial charge in [0.2, 0.25) is 5.91 Å². The highest BCUT2D eigenvalue weighted by Gasteiger charge is 2.29. The van der Waals surface area contributed by atoms with Gasteiger partial charge in [0.25, 0.3) is 0 Å². The van der Waals surface area contributed by atoms with Crippen LogP contribution >= 0.6 is 11.3 Å². The molecule has 0 aliphatic carbocycles. The second kappa shape index (κ2) is 7.94. The van der Waals surface area contributed by atoms with Gasteiger partial charge in [-0.15, -0.1) is 0 Å². The molecule has 3 rings (SSSR count). The fraction of sp³-hybridized carbons (Fsp3) is 0.556. The quantitative estimate of drug-likeness (QED) is 0.873. The number of piperidine rings is 1. The first-order valence-corrected chi connectivity index (χ1v) is 9.54. The molecule has 130 valence electrons. The van der Waals surface area contributed by atoms with Crippen molar-refractivity contribution >= 4 is 32.6 Å². The number of anilines is 1. The zero-order chi connectivity index (χ0) is 16.9. The number of fused-ring (bicyclic) bond motifs is 1. The van der Waals surface area contributed by atoms with Crippen LogP contribution in [0.4, 0.5) is 5.13 Å². The SMILES string of the molecule is CCCN(CCO)C(=O)C1CCN(c2nc3ccccc3s2)CC1. The Morgan fingerprint density at radius 2 is 2.08 bits per heavy atom. The van der Waals surface area contributed by atoms with Crippen LogP contribution in [0.1, 0.15) is 26.2 Å². The number of amides is 1. The zero-order valence-corrected chi connectivity index (χ0v) is 15.0. The van der Waals surface area contributed by atoms with Gasteiger partial charge in [0.1, 0.15) is 0 Å². The maximum atomic E-state index is 12.6. The number of para-hydroxylation sites is 1. The lowest BCUT2D eigenvalue weighted by Gasteiger charge is -2.34. The smallest absolute Gasteiger partial charge is 0.225 e. The molecule has 1 saturated heterocycles. The summed E-state index contributed by atoms with van der Waals surface area (Å²) in [5.74, 6) is 0.281. The summed E-state index contributed by atoms with van der Waals surface area (Å²) in [6.45, 7) is 5.02. The Morgan fingerprint density at radius 1 is 1.33 bits per heavy atom. The molecule has 1 fully saturated rings. The van der Waals surface area contributed by atoms with E-state index in [0.717, 1.165) is 49.5 Å². The molecular weight excluding hydrogens is 322 g/mol. The molecule has 1 N–H and O–H groups in total. The van der Waals surface area contributed by atoms with Crippen LogP contribution in [-0.2, 0) is 4.79 Å². The van der Waals surface area contributed by atoms with Crippen LogP contribution in [0.3, 0.4) is 0 Å². The first-order chi connectivity index (χ1) is 11.7. The number of hydrogen-bond donors (Lipinski definition) is 1. The summed E-state index contributed by atoms with van der Waals surface area (Å²) in [7, 11) is 0. The predicted octanol–water partition coefficient (Wildman–Crippen LogP) is 2.74. The largest absolute Gasteiger partial charge is 0.395 e. The van der Waals surface area contributed by atoms with Crippen molar-refractivity contribution in [3.63, 3.8) is 0 Å². The Bertz CT molecular complexity index is 641. The summed E-state index contributed by atoms with van der Waals surface area (Å²) >= 11 is 1.72. The lowest BCUT2D eigenvalue weighted by atomic mass is 9.95. The predicted molar refractivity (Wildman–Crippen MR) is 98.5 cm³/mol. The van der Waals surface area contributed by atoms with Gasteiger partial charge in [-0.1, -0.05) is 30.4 Å². The number of aliphatic hydroxyl groups is 1. The van der Waals surface area contributed by atoms with Gasteiger partial charge in [-0.25, -0.2) is 4.98 Å². The topological polar surface area (TPSA) is 56.7 Å². The van der Waals surface area contributed by atoms with E-state index in [9.17, 15) is 4.79 Å². The van der Waals surface area contributed by atoms with Gasteiger partial charge in [-0.3, -0.25) is 4.79 Å². The molecule has 1 aliphatic rings. The van der Waals surface area contributed by atoms with Gasteiger partial charge in [0, 0.05) is 32.1 Å². The number of rotatable bonds is 6. The Morgan fingerprint density at radius 3 is 2.75 bits per heavy atom. The highest BCUT2D eigenvalue weighted by molar-refractivity contribution is 7.22. The summed E-state index contributed by atoms with van der Waals surface area (Å²) in [6.07, 6.45) is 2.65. The summed E-state index contributed by atoms with van der Waals surface area (Å²) in [5.41, 5.74) is 1.05. The number of carbonyl (C=O) groups is 1. The van der Waals surface area contributed by atoms with Gasteiger partial charge in [0.05, 0.1) is 16.8 Å². The minimum absolute atomic E-state index is 0.0380. The average molecular weight is 347 g/mol. The minimum atomic E-state index is 0.0380. The molecule has 1 aromatic carbocycles. The van der Waals surface area contributed by atoms with E-state index in [0.29, 0.717) is 6.54 Å². The molecule has 24 heavy (non-hydrogen) atoms. The van der Waals surface area contributed by atoms with Crippen LogP contribution in [0.15, 0.2) is 24.3 Å². The van der Waals surface area contributed by atoms with Gasteiger partial charge in [0.15, 0.2) is 5.13 Å². The van der Waals surface area contributed by atoms with Crippen LogP contribution < -0.4 is 4.90 Å². The fourth-order valence-electron chi connectivity index (χ4n) is 3.29. The average Bonchev–Trinajstić information content (AvgIpc) is 3.05. The van der Waals surface area contributed by atoms with E-state index in [-0.39, 0.29) is 18.4 Å². The van der Waals surface area contributed by atoms with E-state index in [2.05, 4.69) is 17.9 Å². The summed E-state index contributed by atoms with van der Waals surface area (Å²) in [4.78, 5) is 21.5. The molecule has 5 nitrogen and oxygen atoms in total. The van der Waals surface area contributed by atoms with Crippen LogP contribution in [-0.4, -0.2) is 53.7 Å². The molecule has 0 radical (unpaired) electrons. The van der Waals surface area contributed by atoms with E-state index in [4.69, 9.17) is 10.1 Å². The van der Waals surface area contributed by atoms with Gasteiger partial charge < -0.3 is 14.9 Å². The second-order valence-corrected chi connectivity index (χ2v) is 7.28. The van der Waals surface area contributed by atoms with Crippen molar-refractivity contribution in [1.82, 2.24) is 9.88 Å². The lowest BCUT2D eigenvalue weighted by Crippen LogP contribution is -2.43. The fourth-order valence-corrected chi connectivity index (χ4v) is 4.31. The summed E-state index contributed by atoms with van der Waals surface area (Å²) < 4.78 is 1.21. The van der Waals surface area contributed by atoms with Crippen molar-refractivity contribution in [3.05, 3.63) is 24.3 Å². The molecule has 1 aromatic heterocycles. The molecule has 0 spiro atoms. The van der Waals surface area contributed by atoms with Crippen LogP contribution in [0.25, 0.3) is 10.2 Å². The molecule has 2 heterocycles. The minimum Gasteiger partial charge on any atom is -0.395 e. The number of nitrogens with zero attached hydrogens (tertiary/aromatic N) is 3. The maximum Gasteiger partial charge on any atom is 0.225 e. The normalized spacial score (nSPS) is 15.8. The standard InChI is InChI=1S/C18H25N3O2S/c1-2-9-20(12-13-22)17(23)14-7-10-21(11-8-14)18-19-15-5-3-4-6-16(15)24-18/h3-6,14,22H,2,7-13H2,1H3. The molecule has 1 amide bonds. The first kappa shape index (κ1) is 17.2. The molecule has 2 aromatic rings. The lowest BCUT2D eigenvalue weighted by molar-refractivity contribution is -0.136. The van der Waals surface area contributed by atoms with Crippen molar-refractivity contribution < 1.29 is 9.90 Å².